The Hall–Kier alpha value is -2.09. The van der Waals surface area contributed by atoms with Crippen LogP contribution in [-0.4, -0.2) is 19.7 Å². The fourth-order valence-corrected chi connectivity index (χ4v) is 2.66. The third-order valence-corrected chi connectivity index (χ3v) is 3.71. The Morgan fingerprint density at radius 1 is 1.50 bits per heavy atom. The summed E-state index contributed by atoms with van der Waals surface area (Å²) in [7, 11) is 0. The van der Waals surface area contributed by atoms with E-state index in [9.17, 15) is 14.9 Å². The van der Waals surface area contributed by atoms with Gasteiger partial charge in [0.2, 0.25) is 0 Å². The summed E-state index contributed by atoms with van der Waals surface area (Å²) in [6.45, 7) is 2.58. The molecule has 0 amide bonds. The maximum Gasteiger partial charge on any atom is 0.343 e. The predicted molar refractivity (Wildman–Crippen MR) is 75.8 cm³/mol. The molecule has 20 heavy (non-hydrogen) atoms. The van der Waals surface area contributed by atoms with E-state index in [0.29, 0.717) is 17.5 Å². The van der Waals surface area contributed by atoms with Gasteiger partial charge in [0.15, 0.2) is 5.16 Å². The van der Waals surface area contributed by atoms with Gasteiger partial charge in [0.05, 0.1) is 4.92 Å². The zero-order valence-corrected chi connectivity index (χ0v) is 11.7. The zero-order chi connectivity index (χ0) is 14.5. The monoisotopic (exact) mass is 294 g/mol. The molecule has 1 heterocycles. The van der Waals surface area contributed by atoms with Crippen molar-refractivity contribution in [1.82, 2.24) is 14.8 Å². The molecule has 0 radical (unpaired) electrons. The van der Waals surface area contributed by atoms with Gasteiger partial charge in [-0.3, -0.25) is 14.7 Å². The number of nitrogens with one attached hydrogen (secondary N) is 1. The molecule has 0 fully saturated rings. The van der Waals surface area contributed by atoms with Gasteiger partial charge in [-0.2, -0.15) is 0 Å². The molecule has 2 aromatic rings. The lowest BCUT2D eigenvalue weighted by atomic mass is 10.2. The average Bonchev–Trinajstić information content (AvgIpc) is 2.78. The number of H-pyrrole nitrogens is 1. The standard InChI is InChI=1S/C12H14N4O3S/c1-2-6-15-11(17)13-14-12(15)20-8-9-4-3-5-10(7-9)16(18)19/h3-5,7H,2,6,8H2,1H3,(H,13,17). The van der Waals surface area contributed by atoms with Crippen LogP contribution in [0.1, 0.15) is 18.9 Å². The summed E-state index contributed by atoms with van der Waals surface area (Å²) in [6.07, 6.45) is 0.837. The van der Waals surface area contributed by atoms with Gasteiger partial charge in [0, 0.05) is 24.4 Å². The van der Waals surface area contributed by atoms with Crippen molar-refractivity contribution in [2.45, 2.75) is 30.8 Å². The van der Waals surface area contributed by atoms with Crippen molar-refractivity contribution in [3.63, 3.8) is 0 Å². The molecule has 2 rings (SSSR count). The molecule has 0 atom stereocenters. The van der Waals surface area contributed by atoms with Crippen molar-refractivity contribution in [2.75, 3.05) is 0 Å². The lowest BCUT2D eigenvalue weighted by Crippen LogP contribution is -2.17. The minimum atomic E-state index is -0.421. The Kier molecular flexibility index (Phi) is 4.57. The number of nitrogens with zero attached hydrogens (tertiary/aromatic N) is 3. The number of aromatic amines is 1. The molecule has 0 bridgehead atoms. The molecule has 8 heteroatoms. The van der Waals surface area contributed by atoms with Crippen LogP contribution in [0, 0.1) is 10.1 Å². The van der Waals surface area contributed by atoms with Crippen LogP contribution in [0.4, 0.5) is 5.69 Å². The SMILES string of the molecule is CCCn1c(SCc2cccc([N+](=O)[O-])c2)n[nH]c1=O. The third-order valence-electron chi connectivity index (χ3n) is 2.66. The van der Waals surface area contributed by atoms with E-state index in [2.05, 4.69) is 10.2 Å². The molecule has 106 valence electrons. The maximum absolute atomic E-state index is 11.5. The van der Waals surface area contributed by atoms with Crippen molar-refractivity contribution in [1.29, 1.82) is 0 Å². The van der Waals surface area contributed by atoms with Crippen molar-refractivity contribution >= 4 is 17.4 Å². The molecule has 0 aliphatic heterocycles. The highest BCUT2D eigenvalue weighted by molar-refractivity contribution is 7.98. The van der Waals surface area contributed by atoms with Gasteiger partial charge in [0.25, 0.3) is 5.69 Å². The van der Waals surface area contributed by atoms with E-state index in [-0.39, 0.29) is 11.4 Å². The van der Waals surface area contributed by atoms with E-state index >= 15 is 0 Å². The maximum atomic E-state index is 11.5. The molecule has 0 saturated carbocycles. The van der Waals surface area contributed by atoms with Gasteiger partial charge in [-0.15, -0.1) is 5.10 Å². The molecule has 1 N–H and O–H groups in total. The van der Waals surface area contributed by atoms with Crippen LogP contribution in [-0.2, 0) is 12.3 Å². The molecule has 0 spiro atoms. The Balaban J connectivity index is 2.11. The second kappa shape index (κ2) is 6.38. The number of rotatable bonds is 6. The van der Waals surface area contributed by atoms with E-state index in [1.165, 1.54) is 23.9 Å². The summed E-state index contributed by atoms with van der Waals surface area (Å²) in [4.78, 5) is 21.8. The van der Waals surface area contributed by atoms with Crippen molar-refractivity contribution in [3.8, 4) is 0 Å². The van der Waals surface area contributed by atoms with E-state index in [1.54, 1.807) is 10.6 Å². The van der Waals surface area contributed by atoms with Gasteiger partial charge in [0.1, 0.15) is 0 Å². The van der Waals surface area contributed by atoms with E-state index in [4.69, 9.17) is 0 Å². The summed E-state index contributed by atoms with van der Waals surface area (Å²) >= 11 is 1.38. The number of nitro groups is 1. The van der Waals surface area contributed by atoms with E-state index in [0.717, 1.165) is 12.0 Å². The third kappa shape index (κ3) is 3.27. The van der Waals surface area contributed by atoms with Gasteiger partial charge < -0.3 is 0 Å². The first-order chi connectivity index (χ1) is 9.61. The first-order valence-electron chi connectivity index (χ1n) is 6.13. The summed E-state index contributed by atoms with van der Waals surface area (Å²) in [5, 5.41) is 17.7. The molecular formula is C12H14N4O3S. The minimum absolute atomic E-state index is 0.0658. The largest absolute Gasteiger partial charge is 0.343 e. The Bertz CT molecular complexity index is 665. The van der Waals surface area contributed by atoms with Gasteiger partial charge in [-0.25, -0.2) is 9.89 Å². The molecule has 0 unspecified atom stereocenters. The molecule has 7 nitrogen and oxygen atoms in total. The van der Waals surface area contributed by atoms with Crippen LogP contribution in [0.5, 0.6) is 0 Å². The highest BCUT2D eigenvalue weighted by atomic mass is 32.2. The smallest absolute Gasteiger partial charge is 0.270 e. The van der Waals surface area contributed by atoms with E-state index < -0.39 is 4.92 Å². The predicted octanol–water partition coefficient (Wildman–Crippen LogP) is 2.18. The lowest BCUT2D eigenvalue weighted by Gasteiger charge is -2.03. The van der Waals surface area contributed by atoms with Crippen LogP contribution >= 0.6 is 11.8 Å². The quantitative estimate of drug-likeness (QED) is 0.500. The molecule has 0 aliphatic carbocycles. The summed E-state index contributed by atoms with van der Waals surface area (Å²) in [5.74, 6) is 0.523. The number of benzene rings is 1. The topological polar surface area (TPSA) is 93.8 Å². The number of non-ortho nitro benzene ring substituents is 1. The average molecular weight is 294 g/mol. The summed E-state index contributed by atoms with van der Waals surface area (Å²) < 4.78 is 1.57. The fourth-order valence-electron chi connectivity index (χ4n) is 1.74. The van der Waals surface area contributed by atoms with Gasteiger partial charge in [-0.1, -0.05) is 30.8 Å². The fraction of sp³-hybridized carbons (Fsp3) is 0.333. The summed E-state index contributed by atoms with van der Waals surface area (Å²) in [5.41, 5.74) is 0.659. The van der Waals surface area contributed by atoms with Crippen LogP contribution in [0.3, 0.4) is 0 Å². The van der Waals surface area contributed by atoms with Crippen molar-refractivity contribution in [3.05, 3.63) is 50.4 Å². The lowest BCUT2D eigenvalue weighted by molar-refractivity contribution is -0.384. The Morgan fingerprint density at radius 3 is 3.00 bits per heavy atom. The van der Waals surface area contributed by atoms with Crippen LogP contribution in [0.15, 0.2) is 34.2 Å². The van der Waals surface area contributed by atoms with Gasteiger partial charge >= 0.3 is 5.69 Å². The number of aromatic nitrogens is 3. The summed E-state index contributed by atoms with van der Waals surface area (Å²) in [6, 6.07) is 6.45. The first kappa shape index (κ1) is 14.3. The number of hydrogen-bond donors (Lipinski definition) is 1. The van der Waals surface area contributed by atoms with Gasteiger partial charge in [-0.05, 0) is 12.0 Å². The molecule has 0 saturated heterocycles. The highest BCUT2D eigenvalue weighted by Gasteiger charge is 2.10. The van der Waals surface area contributed by atoms with Crippen LogP contribution < -0.4 is 5.69 Å². The van der Waals surface area contributed by atoms with Crippen LogP contribution in [0.25, 0.3) is 0 Å². The van der Waals surface area contributed by atoms with Crippen molar-refractivity contribution < 1.29 is 4.92 Å². The molecule has 0 aliphatic rings. The second-order valence-electron chi connectivity index (χ2n) is 4.18. The molecular weight excluding hydrogens is 280 g/mol. The first-order valence-corrected chi connectivity index (χ1v) is 7.11. The minimum Gasteiger partial charge on any atom is -0.270 e. The molecule has 1 aromatic heterocycles. The highest BCUT2D eigenvalue weighted by Crippen LogP contribution is 2.22. The number of thioether (sulfide) groups is 1. The number of hydrogen-bond acceptors (Lipinski definition) is 5. The normalized spacial score (nSPS) is 10.7. The van der Waals surface area contributed by atoms with Crippen molar-refractivity contribution in [2.24, 2.45) is 0 Å². The number of nitro benzene ring substituents is 1. The zero-order valence-electron chi connectivity index (χ0n) is 10.9. The molecule has 1 aromatic carbocycles. The second-order valence-corrected chi connectivity index (χ2v) is 5.12. The van der Waals surface area contributed by atoms with E-state index in [1.807, 2.05) is 13.0 Å². The van der Waals surface area contributed by atoms with Crippen LogP contribution in [0.2, 0.25) is 0 Å². The Morgan fingerprint density at radius 2 is 2.30 bits per heavy atom. The Labute approximate surface area is 119 Å².